The highest BCUT2D eigenvalue weighted by atomic mass is 35.5. The first-order valence-electron chi connectivity index (χ1n) is 7.86. The Balaban J connectivity index is 1.87. The molecule has 0 unspecified atom stereocenters. The third-order valence-electron chi connectivity index (χ3n) is 3.52. The average Bonchev–Trinajstić information content (AvgIpc) is 3.19. The summed E-state index contributed by atoms with van der Waals surface area (Å²) in [5.41, 5.74) is 7.35. The van der Waals surface area contributed by atoms with Crippen LogP contribution in [0.1, 0.15) is 0 Å². The van der Waals surface area contributed by atoms with Crippen LogP contribution in [-0.2, 0) is 7.05 Å². The molecule has 10 heteroatoms. The molecule has 3 aromatic rings. The van der Waals surface area contributed by atoms with E-state index in [2.05, 4.69) is 10.4 Å². The monoisotopic (exact) mass is 426 g/mol. The third kappa shape index (κ3) is 4.54. The van der Waals surface area contributed by atoms with Gasteiger partial charge >= 0.3 is 6.09 Å². The number of benzene rings is 1. The number of nitrogens with one attached hydrogen (secondary N) is 1. The van der Waals surface area contributed by atoms with Crippen molar-refractivity contribution in [3.05, 3.63) is 45.9 Å². The number of carbonyl (C=O) groups is 1. The van der Waals surface area contributed by atoms with Crippen LogP contribution in [-0.4, -0.2) is 29.0 Å². The fraction of sp³-hybridized carbons (Fsp3) is 0.176. The quantitative estimate of drug-likeness (QED) is 0.608. The largest absolute Gasteiger partial charge is 0.492 e. The molecule has 1 amide bonds. The number of ether oxygens (including phenoxy) is 2. The number of nitrogens with two attached hydrogens (primary N) is 1. The molecule has 142 valence electrons. The number of anilines is 1. The summed E-state index contributed by atoms with van der Waals surface area (Å²) < 4.78 is 12.5. The van der Waals surface area contributed by atoms with Crippen LogP contribution in [0.5, 0.6) is 10.8 Å². The number of nitrogens with zero attached hydrogens (tertiary/aromatic N) is 2. The average molecular weight is 427 g/mol. The molecule has 0 aliphatic rings. The maximum absolute atomic E-state index is 12.1. The number of hydrogen-bond donors (Lipinski definition) is 2. The van der Waals surface area contributed by atoms with Crippen LogP contribution in [0, 0.1) is 0 Å². The highest BCUT2D eigenvalue weighted by Crippen LogP contribution is 2.37. The van der Waals surface area contributed by atoms with Crippen molar-refractivity contribution in [3.8, 4) is 22.1 Å². The zero-order chi connectivity index (χ0) is 19.4. The number of hydrogen-bond acceptors (Lipinski definition) is 6. The molecule has 2 heterocycles. The van der Waals surface area contributed by atoms with Crippen LogP contribution in [0.2, 0.25) is 10.0 Å². The lowest BCUT2D eigenvalue weighted by atomic mass is 10.1. The van der Waals surface area contributed by atoms with Gasteiger partial charge in [-0.2, -0.15) is 5.10 Å². The molecule has 0 aliphatic carbocycles. The zero-order valence-corrected chi connectivity index (χ0v) is 16.6. The van der Waals surface area contributed by atoms with Crippen molar-refractivity contribution in [3.63, 3.8) is 0 Å². The molecule has 0 saturated carbocycles. The summed E-state index contributed by atoms with van der Waals surface area (Å²) in [5.74, 6) is 0.575. The number of amides is 1. The predicted molar refractivity (Wildman–Crippen MR) is 107 cm³/mol. The summed E-state index contributed by atoms with van der Waals surface area (Å²) in [6.45, 7) is 0.709. The number of rotatable bonds is 6. The van der Waals surface area contributed by atoms with E-state index in [9.17, 15) is 4.79 Å². The van der Waals surface area contributed by atoms with E-state index < -0.39 is 6.09 Å². The Labute approximate surface area is 169 Å². The van der Waals surface area contributed by atoms with Gasteiger partial charge in [-0.25, -0.2) is 4.79 Å². The molecule has 0 radical (unpaired) electrons. The Bertz CT molecular complexity index is 938. The minimum absolute atomic E-state index is 0.326. The Morgan fingerprint density at radius 3 is 2.78 bits per heavy atom. The van der Waals surface area contributed by atoms with E-state index in [4.69, 9.17) is 38.4 Å². The van der Waals surface area contributed by atoms with Gasteiger partial charge in [0.15, 0.2) is 0 Å². The second-order valence-electron chi connectivity index (χ2n) is 5.38. The van der Waals surface area contributed by atoms with Gasteiger partial charge in [-0.1, -0.05) is 23.2 Å². The van der Waals surface area contributed by atoms with Gasteiger partial charge in [-0.3, -0.25) is 10.00 Å². The molecular weight excluding hydrogens is 411 g/mol. The first kappa shape index (κ1) is 19.5. The zero-order valence-electron chi connectivity index (χ0n) is 14.2. The SMILES string of the molecule is Cn1ncc(Cl)c1-c1cc(NC(=O)Oc2sccc2Cl)ccc1OCCN. The fourth-order valence-electron chi connectivity index (χ4n) is 2.38. The lowest BCUT2D eigenvalue weighted by Gasteiger charge is -2.14. The second kappa shape index (κ2) is 8.62. The lowest BCUT2D eigenvalue weighted by Crippen LogP contribution is -2.16. The summed E-state index contributed by atoms with van der Waals surface area (Å²) in [4.78, 5) is 12.1. The van der Waals surface area contributed by atoms with E-state index >= 15 is 0 Å². The maximum Gasteiger partial charge on any atom is 0.417 e. The van der Waals surface area contributed by atoms with Crippen molar-refractivity contribution in [1.29, 1.82) is 0 Å². The van der Waals surface area contributed by atoms with Gasteiger partial charge in [0, 0.05) is 24.8 Å². The molecule has 0 spiro atoms. The number of halogens is 2. The Kier molecular flexibility index (Phi) is 6.22. The minimum Gasteiger partial charge on any atom is -0.492 e. The molecular formula is C17H16Cl2N4O3S. The molecule has 0 bridgehead atoms. The minimum atomic E-state index is -0.656. The topological polar surface area (TPSA) is 91.4 Å². The van der Waals surface area contributed by atoms with Gasteiger partial charge in [-0.05, 0) is 29.6 Å². The van der Waals surface area contributed by atoms with E-state index in [0.29, 0.717) is 51.0 Å². The van der Waals surface area contributed by atoms with Crippen molar-refractivity contribution in [2.24, 2.45) is 12.8 Å². The van der Waals surface area contributed by atoms with Crippen molar-refractivity contribution in [1.82, 2.24) is 9.78 Å². The van der Waals surface area contributed by atoms with E-state index in [1.807, 2.05) is 0 Å². The molecule has 0 atom stereocenters. The highest BCUT2D eigenvalue weighted by Gasteiger charge is 2.17. The highest BCUT2D eigenvalue weighted by molar-refractivity contribution is 7.12. The van der Waals surface area contributed by atoms with Crippen molar-refractivity contribution >= 4 is 46.3 Å². The van der Waals surface area contributed by atoms with Crippen molar-refractivity contribution in [2.45, 2.75) is 0 Å². The van der Waals surface area contributed by atoms with Gasteiger partial charge in [-0.15, -0.1) is 11.3 Å². The summed E-state index contributed by atoms with van der Waals surface area (Å²) in [6, 6.07) is 6.80. The Morgan fingerprint density at radius 2 is 2.15 bits per heavy atom. The van der Waals surface area contributed by atoms with Gasteiger partial charge in [0.1, 0.15) is 12.4 Å². The van der Waals surface area contributed by atoms with Crippen molar-refractivity contribution < 1.29 is 14.3 Å². The standard InChI is InChI=1S/C17H16Cl2N4O3S/c1-23-15(13(19)9-21-23)11-8-10(2-3-14(11)25-6-5-20)22-17(24)26-16-12(18)4-7-27-16/h2-4,7-9H,5-6,20H2,1H3,(H,22,24). The van der Waals surface area contributed by atoms with Crippen LogP contribution < -0.4 is 20.5 Å². The Hall–Kier alpha value is -2.26. The van der Waals surface area contributed by atoms with Crippen molar-refractivity contribution in [2.75, 3.05) is 18.5 Å². The molecule has 0 saturated heterocycles. The van der Waals surface area contributed by atoms with E-state index in [-0.39, 0.29) is 0 Å². The maximum atomic E-state index is 12.1. The molecule has 1 aromatic carbocycles. The molecule has 7 nitrogen and oxygen atoms in total. The van der Waals surface area contributed by atoms with Gasteiger partial charge in [0.05, 0.1) is 21.9 Å². The van der Waals surface area contributed by atoms with E-state index in [0.717, 1.165) is 0 Å². The summed E-state index contributed by atoms with van der Waals surface area (Å²) >= 11 is 13.4. The summed E-state index contributed by atoms with van der Waals surface area (Å²) in [5, 5.41) is 9.70. The third-order valence-corrected chi connectivity index (χ3v) is 5.00. The Morgan fingerprint density at radius 1 is 1.33 bits per heavy atom. The lowest BCUT2D eigenvalue weighted by molar-refractivity contribution is 0.216. The molecule has 0 fully saturated rings. The van der Waals surface area contributed by atoms with Gasteiger partial charge in [0.25, 0.3) is 0 Å². The van der Waals surface area contributed by atoms with Gasteiger partial charge < -0.3 is 15.2 Å². The summed E-state index contributed by atoms with van der Waals surface area (Å²) in [6.07, 6.45) is 0.883. The van der Waals surface area contributed by atoms with E-state index in [1.54, 1.807) is 41.4 Å². The summed E-state index contributed by atoms with van der Waals surface area (Å²) in [7, 11) is 1.76. The fourth-order valence-corrected chi connectivity index (χ4v) is 3.59. The van der Waals surface area contributed by atoms with Crippen LogP contribution in [0.3, 0.4) is 0 Å². The van der Waals surface area contributed by atoms with Crippen LogP contribution in [0.25, 0.3) is 11.3 Å². The normalized spacial score (nSPS) is 10.7. The van der Waals surface area contributed by atoms with E-state index in [1.165, 1.54) is 17.5 Å². The molecule has 0 aliphatic heterocycles. The van der Waals surface area contributed by atoms with Gasteiger partial charge in [0.2, 0.25) is 5.06 Å². The van der Waals surface area contributed by atoms with Crippen LogP contribution in [0.4, 0.5) is 10.5 Å². The van der Waals surface area contributed by atoms with Crippen LogP contribution >= 0.6 is 34.5 Å². The molecule has 2 aromatic heterocycles. The predicted octanol–water partition coefficient (Wildman–Crippen LogP) is 4.40. The van der Waals surface area contributed by atoms with Crippen LogP contribution in [0.15, 0.2) is 35.8 Å². The smallest absolute Gasteiger partial charge is 0.417 e. The number of carbonyl (C=O) groups excluding carboxylic acids is 1. The number of aromatic nitrogens is 2. The molecule has 3 rings (SSSR count). The molecule has 27 heavy (non-hydrogen) atoms. The first-order chi connectivity index (χ1) is 13.0. The number of aryl methyl sites for hydroxylation is 1. The number of thiophene rings is 1. The molecule has 3 N–H and O–H groups in total. The second-order valence-corrected chi connectivity index (χ2v) is 7.08. The first-order valence-corrected chi connectivity index (χ1v) is 9.49.